The number of amides is 1. The van der Waals surface area contributed by atoms with Crippen LogP contribution in [0.4, 0.5) is 0 Å². The average molecular weight is 328 g/mol. The molecule has 1 saturated carbocycles. The standard InChI is InChI=1S/C18H24N4O2/c19-11-13-5-1-3-7-15(13)21-17(23)9-10-22-12-20-16-8-4-2-6-14(16)18(22)24/h2,4,6,8,12-13,15H,1,3,5,7,9-11,19H2,(H,21,23). The summed E-state index contributed by atoms with van der Waals surface area (Å²) in [5.74, 6) is 0.341. The molecule has 2 atom stereocenters. The molecule has 0 radical (unpaired) electrons. The molecule has 0 bridgehead atoms. The SMILES string of the molecule is NCC1CCCCC1NC(=O)CCn1cnc2ccccc2c1=O. The molecule has 0 saturated heterocycles. The fourth-order valence-electron chi connectivity index (χ4n) is 3.45. The lowest BCUT2D eigenvalue weighted by molar-refractivity contribution is -0.122. The molecule has 1 aliphatic carbocycles. The van der Waals surface area contributed by atoms with E-state index in [4.69, 9.17) is 5.73 Å². The number of aryl methyl sites for hydroxylation is 1. The molecule has 128 valence electrons. The second-order valence-corrected chi connectivity index (χ2v) is 6.46. The normalized spacial score (nSPS) is 20.9. The maximum atomic E-state index is 12.4. The lowest BCUT2D eigenvalue weighted by Crippen LogP contribution is -2.45. The predicted octanol–water partition coefficient (Wildman–Crippen LogP) is 1.42. The molecule has 3 N–H and O–H groups in total. The third-order valence-corrected chi connectivity index (χ3v) is 4.87. The van der Waals surface area contributed by atoms with Gasteiger partial charge in [-0.1, -0.05) is 25.0 Å². The van der Waals surface area contributed by atoms with Crippen molar-refractivity contribution in [3.63, 3.8) is 0 Å². The molecular formula is C18H24N4O2. The minimum atomic E-state index is -0.106. The Morgan fingerprint density at radius 2 is 2.08 bits per heavy atom. The molecule has 1 aliphatic rings. The number of hydrogen-bond donors (Lipinski definition) is 2. The van der Waals surface area contributed by atoms with Gasteiger partial charge >= 0.3 is 0 Å². The number of aromatic nitrogens is 2. The Kier molecular flexibility index (Phi) is 5.25. The number of nitrogens with two attached hydrogens (primary N) is 1. The second-order valence-electron chi connectivity index (χ2n) is 6.46. The monoisotopic (exact) mass is 328 g/mol. The molecule has 1 heterocycles. The number of carbonyl (C=O) groups excluding carboxylic acids is 1. The molecular weight excluding hydrogens is 304 g/mol. The summed E-state index contributed by atoms with van der Waals surface area (Å²) >= 11 is 0. The highest BCUT2D eigenvalue weighted by molar-refractivity contribution is 5.77. The van der Waals surface area contributed by atoms with Crippen LogP contribution in [0.5, 0.6) is 0 Å². The summed E-state index contributed by atoms with van der Waals surface area (Å²) in [4.78, 5) is 28.9. The molecule has 0 aliphatic heterocycles. The number of nitrogens with zero attached hydrogens (tertiary/aromatic N) is 2. The maximum absolute atomic E-state index is 12.4. The van der Waals surface area contributed by atoms with Gasteiger partial charge in [-0.2, -0.15) is 0 Å². The quantitative estimate of drug-likeness (QED) is 0.868. The molecule has 1 fully saturated rings. The van der Waals surface area contributed by atoms with Crippen LogP contribution in [0.3, 0.4) is 0 Å². The van der Waals surface area contributed by atoms with E-state index in [0.29, 0.717) is 29.9 Å². The molecule has 3 rings (SSSR count). The number of fused-ring (bicyclic) bond motifs is 1. The molecule has 1 aromatic heterocycles. The van der Waals surface area contributed by atoms with Crippen LogP contribution in [0, 0.1) is 5.92 Å². The summed E-state index contributed by atoms with van der Waals surface area (Å²) in [6.07, 6.45) is 6.18. The Morgan fingerprint density at radius 3 is 2.92 bits per heavy atom. The van der Waals surface area contributed by atoms with E-state index >= 15 is 0 Å². The van der Waals surface area contributed by atoms with Crippen LogP contribution in [0.25, 0.3) is 10.9 Å². The van der Waals surface area contributed by atoms with Crippen molar-refractivity contribution in [1.29, 1.82) is 0 Å². The first-order valence-corrected chi connectivity index (χ1v) is 8.62. The van der Waals surface area contributed by atoms with E-state index in [1.165, 1.54) is 17.3 Å². The van der Waals surface area contributed by atoms with E-state index in [9.17, 15) is 9.59 Å². The Morgan fingerprint density at radius 1 is 1.29 bits per heavy atom. The van der Waals surface area contributed by atoms with Gasteiger partial charge in [0.1, 0.15) is 0 Å². The van der Waals surface area contributed by atoms with Gasteiger partial charge in [0.05, 0.1) is 17.2 Å². The smallest absolute Gasteiger partial charge is 0.261 e. The minimum absolute atomic E-state index is 0.0274. The first-order chi connectivity index (χ1) is 11.7. The number of carbonyl (C=O) groups is 1. The largest absolute Gasteiger partial charge is 0.353 e. The molecule has 24 heavy (non-hydrogen) atoms. The van der Waals surface area contributed by atoms with Crippen molar-refractivity contribution in [3.8, 4) is 0 Å². The van der Waals surface area contributed by atoms with E-state index in [1.54, 1.807) is 6.07 Å². The fourth-order valence-corrected chi connectivity index (χ4v) is 3.45. The van der Waals surface area contributed by atoms with E-state index in [0.717, 1.165) is 19.3 Å². The highest BCUT2D eigenvalue weighted by Crippen LogP contribution is 2.23. The van der Waals surface area contributed by atoms with Gasteiger partial charge in [-0.15, -0.1) is 0 Å². The van der Waals surface area contributed by atoms with Crippen LogP contribution >= 0.6 is 0 Å². The molecule has 6 nitrogen and oxygen atoms in total. The Labute approximate surface area is 141 Å². The predicted molar refractivity (Wildman–Crippen MR) is 93.6 cm³/mol. The van der Waals surface area contributed by atoms with Crippen LogP contribution in [0.15, 0.2) is 35.4 Å². The number of nitrogens with one attached hydrogen (secondary N) is 1. The molecule has 2 aromatic rings. The lowest BCUT2D eigenvalue weighted by Gasteiger charge is -2.31. The first-order valence-electron chi connectivity index (χ1n) is 8.62. The number of para-hydroxylation sites is 1. The third-order valence-electron chi connectivity index (χ3n) is 4.87. The number of benzene rings is 1. The van der Waals surface area contributed by atoms with Crippen molar-refractivity contribution < 1.29 is 4.79 Å². The molecule has 1 amide bonds. The molecule has 6 heteroatoms. The highest BCUT2D eigenvalue weighted by Gasteiger charge is 2.25. The van der Waals surface area contributed by atoms with Crippen molar-refractivity contribution in [2.45, 2.75) is 44.7 Å². The summed E-state index contributed by atoms with van der Waals surface area (Å²) in [6, 6.07) is 7.41. The zero-order chi connectivity index (χ0) is 16.9. The van der Waals surface area contributed by atoms with Crippen LogP contribution in [0.1, 0.15) is 32.1 Å². The van der Waals surface area contributed by atoms with Gasteiger partial charge in [0.25, 0.3) is 5.56 Å². The minimum Gasteiger partial charge on any atom is -0.353 e. The zero-order valence-electron chi connectivity index (χ0n) is 13.8. The van der Waals surface area contributed by atoms with Crippen molar-refractivity contribution in [1.82, 2.24) is 14.9 Å². The van der Waals surface area contributed by atoms with Gasteiger partial charge in [0.15, 0.2) is 0 Å². The van der Waals surface area contributed by atoms with Crippen LogP contribution < -0.4 is 16.6 Å². The van der Waals surface area contributed by atoms with Gasteiger partial charge in [-0.25, -0.2) is 4.98 Å². The summed E-state index contributed by atoms with van der Waals surface area (Å²) in [6.45, 7) is 0.946. The molecule has 0 spiro atoms. The van der Waals surface area contributed by atoms with Crippen LogP contribution in [0.2, 0.25) is 0 Å². The van der Waals surface area contributed by atoms with Crippen LogP contribution in [-0.2, 0) is 11.3 Å². The first kappa shape index (κ1) is 16.6. The van der Waals surface area contributed by atoms with E-state index in [2.05, 4.69) is 10.3 Å². The summed E-state index contributed by atoms with van der Waals surface area (Å²) in [7, 11) is 0. The van der Waals surface area contributed by atoms with Crippen molar-refractivity contribution >= 4 is 16.8 Å². The second kappa shape index (κ2) is 7.57. The van der Waals surface area contributed by atoms with Gasteiger partial charge in [-0.05, 0) is 37.4 Å². The average Bonchev–Trinajstić information content (AvgIpc) is 2.62. The van der Waals surface area contributed by atoms with Gasteiger partial charge in [0, 0.05) is 19.0 Å². The van der Waals surface area contributed by atoms with E-state index in [1.807, 2.05) is 18.2 Å². The van der Waals surface area contributed by atoms with Crippen molar-refractivity contribution in [3.05, 3.63) is 40.9 Å². The number of rotatable bonds is 5. The fraction of sp³-hybridized carbons (Fsp3) is 0.500. The molecule has 2 unspecified atom stereocenters. The summed E-state index contributed by atoms with van der Waals surface area (Å²) < 4.78 is 1.50. The van der Waals surface area contributed by atoms with E-state index in [-0.39, 0.29) is 23.9 Å². The topological polar surface area (TPSA) is 90.0 Å². The maximum Gasteiger partial charge on any atom is 0.261 e. The Hall–Kier alpha value is -2.21. The van der Waals surface area contributed by atoms with Gasteiger partial charge < -0.3 is 11.1 Å². The highest BCUT2D eigenvalue weighted by atomic mass is 16.2. The Bertz CT molecular complexity index is 771. The summed E-state index contributed by atoms with van der Waals surface area (Å²) in [5.41, 5.74) is 6.37. The van der Waals surface area contributed by atoms with Crippen LogP contribution in [-0.4, -0.2) is 28.0 Å². The Balaban J connectivity index is 1.62. The lowest BCUT2D eigenvalue weighted by atomic mass is 9.84. The third kappa shape index (κ3) is 3.64. The van der Waals surface area contributed by atoms with Gasteiger partial charge in [0.2, 0.25) is 5.91 Å². The summed E-state index contributed by atoms with van der Waals surface area (Å²) in [5, 5.41) is 3.67. The number of hydrogen-bond acceptors (Lipinski definition) is 4. The van der Waals surface area contributed by atoms with Crippen molar-refractivity contribution in [2.24, 2.45) is 11.7 Å². The zero-order valence-corrected chi connectivity index (χ0v) is 13.8. The van der Waals surface area contributed by atoms with E-state index < -0.39 is 0 Å². The molecule has 1 aromatic carbocycles. The van der Waals surface area contributed by atoms with Gasteiger partial charge in [-0.3, -0.25) is 14.2 Å². The van der Waals surface area contributed by atoms with Crippen molar-refractivity contribution in [2.75, 3.05) is 6.54 Å².